The van der Waals surface area contributed by atoms with Crippen LogP contribution in [0.3, 0.4) is 0 Å². The highest BCUT2D eigenvalue weighted by Gasteiger charge is 2.18. The highest BCUT2D eigenvalue weighted by atomic mass is 79.9. The molecule has 0 aliphatic carbocycles. The van der Waals surface area contributed by atoms with Gasteiger partial charge in [-0.3, -0.25) is 9.59 Å². The van der Waals surface area contributed by atoms with Crippen molar-refractivity contribution >= 4 is 50.4 Å². The predicted octanol–water partition coefficient (Wildman–Crippen LogP) is 2.25. The number of halogens is 2. The van der Waals surface area contributed by atoms with Gasteiger partial charge in [-0.25, -0.2) is 4.98 Å². The zero-order valence-electron chi connectivity index (χ0n) is 10.4. The second-order valence-electron chi connectivity index (χ2n) is 4.05. The first kappa shape index (κ1) is 14.8. The number of pyridine rings is 1. The number of aromatic nitrogens is 2. The average Bonchev–Trinajstić information content (AvgIpc) is 2.72. The molecule has 0 saturated heterocycles. The Kier molecular flexibility index (Phi) is 4.29. The first-order valence-electron chi connectivity index (χ1n) is 5.54. The Labute approximate surface area is 127 Å². The third-order valence-corrected chi connectivity index (χ3v) is 3.63. The summed E-state index contributed by atoms with van der Waals surface area (Å²) < 4.78 is 6.73. The number of ether oxygens (including phenoxy) is 1. The quantitative estimate of drug-likeness (QED) is 0.667. The van der Waals surface area contributed by atoms with Crippen molar-refractivity contribution in [3.63, 3.8) is 0 Å². The van der Waals surface area contributed by atoms with Gasteiger partial charge in [0.05, 0.1) is 19.0 Å². The third kappa shape index (κ3) is 2.78. The Bertz CT molecular complexity index is 698. The Morgan fingerprint density at radius 3 is 2.85 bits per heavy atom. The van der Waals surface area contributed by atoms with Crippen molar-refractivity contribution in [2.75, 3.05) is 7.11 Å². The Morgan fingerprint density at radius 2 is 2.25 bits per heavy atom. The fraction of sp³-hybridized carbons (Fsp3) is 0.250. The molecular weight excluding hydrogens is 351 g/mol. The topological polar surface area (TPSA) is 81.4 Å². The number of nitrogens with zero attached hydrogens (tertiary/aromatic N) is 2. The van der Waals surface area contributed by atoms with Crippen LogP contribution in [0.1, 0.15) is 5.56 Å². The average molecular weight is 362 g/mol. The minimum absolute atomic E-state index is 0.0264. The van der Waals surface area contributed by atoms with Gasteiger partial charge >= 0.3 is 11.9 Å². The Morgan fingerprint density at radius 1 is 1.55 bits per heavy atom. The molecular formula is C12H10BrClN2O4. The van der Waals surface area contributed by atoms with Gasteiger partial charge in [0.25, 0.3) is 0 Å². The molecule has 0 aliphatic heterocycles. The molecule has 0 saturated carbocycles. The molecule has 0 fully saturated rings. The minimum atomic E-state index is -1.01. The maximum Gasteiger partial charge on any atom is 0.323 e. The molecule has 8 heteroatoms. The summed E-state index contributed by atoms with van der Waals surface area (Å²) in [6.07, 6.45) is 3.11. The highest BCUT2D eigenvalue weighted by molar-refractivity contribution is 9.10. The van der Waals surface area contributed by atoms with Crippen molar-refractivity contribution in [1.29, 1.82) is 0 Å². The predicted molar refractivity (Wildman–Crippen MR) is 75.8 cm³/mol. The lowest BCUT2D eigenvalue weighted by Crippen LogP contribution is -2.08. The number of carbonyl (C=O) groups excluding carboxylic acids is 1. The van der Waals surface area contributed by atoms with E-state index in [0.717, 1.165) is 0 Å². The van der Waals surface area contributed by atoms with E-state index in [4.69, 9.17) is 16.7 Å². The summed E-state index contributed by atoms with van der Waals surface area (Å²) in [6.45, 7) is -0.268. The van der Waals surface area contributed by atoms with Crippen molar-refractivity contribution in [2.45, 2.75) is 13.0 Å². The summed E-state index contributed by atoms with van der Waals surface area (Å²) >= 11 is 9.38. The van der Waals surface area contributed by atoms with E-state index in [1.165, 1.54) is 17.9 Å². The number of carboxylic acid groups (broad SMARTS) is 1. The first-order valence-corrected chi connectivity index (χ1v) is 6.71. The van der Waals surface area contributed by atoms with E-state index in [-0.39, 0.29) is 18.1 Å². The van der Waals surface area contributed by atoms with Gasteiger partial charge < -0.3 is 14.4 Å². The van der Waals surface area contributed by atoms with Gasteiger partial charge in [0.2, 0.25) is 0 Å². The van der Waals surface area contributed by atoms with Crippen LogP contribution in [-0.4, -0.2) is 33.7 Å². The van der Waals surface area contributed by atoms with Crippen LogP contribution in [0.25, 0.3) is 10.9 Å². The van der Waals surface area contributed by atoms with Crippen molar-refractivity contribution in [1.82, 2.24) is 9.55 Å². The van der Waals surface area contributed by atoms with E-state index in [1.54, 1.807) is 6.20 Å². The van der Waals surface area contributed by atoms with Gasteiger partial charge in [-0.2, -0.15) is 0 Å². The lowest BCUT2D eigenvalue weighted by atomic mass is 10.1. The summed E-state index contributed by atoms with van der Waals surface area (Å²) in [4.78, 5) is 26.3. The summed E-state index contributed by atoms with van der Waals surface area (Å²) in [5.74, 6) is -1.43. The van der Waals surface area contributed by atoms with Crippen LogP contribution < -0.4 is 0 Å². The van der Waals surface area contributed by atoms with Gasteiger partial charge in [0.1, 0.15) is 6.54 Å². The number of hydrogen-bond acceptors (Lipinski definition) is 4. The van der Waals surface area contributed by atoms with E-state index >= 15 is 0 Å². The zero-order chi connectivity index (χ0) is 14.9. The first-order chi connectivity index (χ1) is 9.43. The number of fused-ring (bicyclic) bond motifs is 1. The fourth-order valence-electron chi connectivity index (χ4n) is 1.97. The summed E-state index contributed by atoms with van der Waals surface area (Å²) in [7, 11) is 1.29. The number of rotatable bonds is 4. The van der Waals surface area contributed by atoms with Gasteiger partial charge in [0, 0.05) is 22.3 Å². The number of carboxylic acids is 1. The second-order valence-corrected chi connectivity index (χ2v) is 5.26. The maximum absolute atomic E-state index is 11.4. The molecule has 0 unspecified atom stereocenters. The standard InChI is InChI=1S/C12H10BrClN2O4/c1-20-9(19)2-6-4-16(5-8(17)18)11-10(6)7(13)3-15-12(11)14/h3-4H,2,5H2,1H3,(H,17,18). The summed E-state index contributed by atoms with van der Waals surface area (Å²) in [5, 5.41) is 9.78. The molecule has 2 aromatic heterocycles. The smallest absolute Gasteiger partial charge is 0.323 e. The molecule has 0 amide bonds. The molecule has 0 bridgehead atoms. The Balaban J connectivity index is 2.66. The minimum Gasteiger partial charge on any atom is -0.480 e. The Hall–Kier alpha value is -1.60. The molecule has 106 valence electrons. The second kappa shape index (κ2) is 5.80. The van der Waals surface area contributed by atoms with Crippen molar-refractivity contribution in [3.8, 4) is 0 Å². The van der Waals surface area contributed by atoms with E-state index in [1.807, 2.05) is 0 Å². The molecule has 0 radical (unpaired) electrons. The zero-order valence-corrected chi connectivity index (χ0v) is 12.7. The SMILES string of the molecule is COC(=O)Cc1cn(CC(=O)O)c2c(Cl)ncc(Br)c12. The van der Waals surface area contributed by atoms with Crippen molar-refractivity contribution in [2.24, 2.45) is 0 Å². The lowest BCUT2D eigenvalue weighted by molar-refractivity contribution is -0.140. The molecule has 2 aromatic rings. The van der Waals surface area contributed by atoms with Crippen LogP contribution in [0.4, 0.5) is 0 Å². The van der Waals surface area contributed by atoms with E-state index in [0.29, 0.717) is 20.9 Å². The number of methoxy groups -OCH3 is 1. The van der Waals surface area contributed by atoms with Crippen LogP contribution in [0.5, 0.6) is 0 Å². The van der Waals surface area contributed by atoms with E-state index in [9.17, 15) is 9.59 Å². The van der Waals surface area contributed by atoms with Gasteiger partial charge in [-0.05, 0) is 21.5 Å². The summed E-state index contributed by atoms with van der Waals surface area (Å²) in [6, 6.07) is 0. The largest absolute Gasteiger partial charge is 0.480 e. The van der Waals surface area contributed by atoms with Gasteiger partial charge in [0.15, 0.2) is 5.15 Å². The van der Waals surface area contributed by atoms with Crippen LogP contribution in [-0.2, 0) is 27.3 Å². The molecule has 1 N–H and O–H groups in total. The van der Waals surface area contributed by atoms with Crippen LogP contribution in [0.15, 0.2) is 16.9 Å². The number of hydrogen-bond donors (Lipinski definition) is 1. The molecule has 2 rings (SSSR count). The number of esters is 1. The number of aliphatic carboxylic acids is 1. The third-order valence-electron chi connectivity index (χ3n) is 2.75. The molecule has 6 nitrogen and oxygen atoms in total. The van der Waals surface area contributed by atoms with Crippen LogP contribution >= 0.6 is 27.5 Å². The summed E-state index contributed by atoms with van der Waals surface area (Å²) in [5.41, 5.74) is 1.10. The van der Waals surface area contributed by atoms with Gasteiger partial charge in [-0.1, -0.05) is 11.6 Å². The van der Waals surface area contributed by atoms with E-state index in [2.05, 4.69) is 25.7 Å². The molecule has 0 aliphatic rings. The molecule has 0 atom stereocenters. The van der Waals surface area contributed by atoms with E-state index < -0.39 is 11.9 Å². The molecule has 2 heterocycles. The van der Waals surface area contributed by atoms with Crippen molar-refractivity contribution < 1.29 is 19.4 Å². The monoisotopic (exact) mass is 360 g/mol. The fourth-order valence-corrected chi connectivity index (χ4v) is 2.77. The maximum atomic E-state index is 11.4. The molecule has 0 aromatic carbocycles. The lowest BCUT2D eigenvalue weighted by Gasteiger charge is -2.03. The number of carbonyl (C=O) groups is 2. The van der Waals surface area contributed by atoms with Crippen LogP contribution in [0.2, 0.25) is 5.15 Å². The van der Waals surface area contributed by atoms with Crippen molar-refractivity contribution in [3.05, 3.63) is 27.6 Å². The normalized spacial score (nSPS) is 10.8. The molecule has 20 heavy (non-hydrogen) atoms. The highest BCUT2D eigenvalue weighted by Crippen LogP contribution is 2.33. The van der Waals surface area contributed by atoms with Crippen LogP contribution in [0, 0.1) is 0 Å². The van der Waals surface area contributed by atoms with Gasteiger partial charge in [-0.15, -0.1) is 0 Å². The molecule has 0 spiro atoms.